The third kappa shape index (κ3) is 1.99. The fourth-order valence-corrected chi connectivity index (χ4v) is 2.74. The number of hydrogen-bond acceptors (Lipinski definition) is 6. The smallest absolute Gasteiger partial charge is 0.191 e. The monoisotopic (exact) mass is 251 g/mol. The number of aromatic nitrogens is 2. The Morgan fingerprint density at radius 3 is 2.94 bits per heavy atom. The fraction of sp³-hybridized carbons (Fsp3) is 0.455. The summed E-state index contributed by atoms with van der Waals surface area (Å²) in [4.78, 5) is 8.82. The van der Waals surface area contributed by atoms with Crippen molar-refractivity contribution in [1.82, 2.24) is 9.97 Å². The SMILES string of the molecule is Cc1nc(-c2nc(C3COCC3N)cs2)co1. The molecule has 0 spiro atoms. The summed E-state index contributed by atoms with van der Waals surface area (Å²) in [7, 11) is 0. The molecule has 1 aliphatic rings. The average molecular weight is 251 g/mol. The van der Waals surface area contributed by atoms with Gasteiger partial charge < -0.3 is 14.9 Å². The molecule has 90 valence electrons. The Hall–Kier alpha value is -1.24. The Balaban J connectivity index is 1.87. The first-order chi connectivity index (χ1) is 8.24. The summed E-state index contributed by atoms with van der Waals surface area (Å²) < 4.78 is 10.5. The molecule has 6 heteroatoms. The van der Waals surface area contributed by atoms with Crippen LogP contribution in [0.15, 0.2) is 16.1 Å². The minimum atomic E-state index is 0.0454. The quantitative estimate of drug-likeness (QED) is 0.876. The van der Waals surface area contributed by atoms with Gasteiger partial charge in [0.2, 0.25) is 0 Å². The summed E-state index contributed by atoms with van der Waals surface area (Å²) in [6.45, 7) is 3.08. The lowest BCUT2D eigenvalue weighted by Gasteiger charge is -2.08. The van der Waals surface area contributed by atoms with Crippen LogP contribution in [0.5, 0.6) is 0 Å². The van der Waals surface area contributed by atoms with Crippen LogP contribution in [0.2, 0.25) is 0 Å². The zero-order valence-corrected chi connectivity index (χ0v) is 10.2. The van der Waals surface area contributed by atoms with Gasteiger partial charge in [-0.1, -0.05) is 0 Å². The van der Waals surface area contributed by atoms with Gasteiger partial charge in [-0.2, -0.15) is 0 Å². The molecule has 2 atom stereocenters. The molecule has 0 bridgehead atoms. The fourth-order valence-electron chi connectivity index (χ4n) is 1.91. The number of hydrogen-bond donors (Lipinski definition) is 1. The van der Waals surface area contributed by atoms with Crippen LogP contribution in [0.4, 0.5) is 0 Å². The second kappa shape index (κ2) is 4.21. The van der Waals surface area contributed by atoms with Crippen molar-refractivity contribution in [2.45, 2.75) is 18.9 Å². The zero-order valence-electron chi connectivity index (χ0n) is 9.42. The first-order valence-corrected chi connectivity index (χ1v) is 6.33. The summed E-state index contributed by atoms with van der Waals surface area (Å²) >= 11 is 1.56. The molecule has 0 aliphatic carbocycles. The van der Waals surface area contributed by atoms with E-state index in [1.807, 2.05) is 12.3 Å². The van der Waals surface area contributed by atoms with Gasteiger partial charge in [-0.15, -0.1) is 11.3 Å². The highest BCUT2D eigenvalue weighted by Crippen LogP contribution is 2.29. The third-order valence-corrected chi connectivity index (χ3v) is 3.75. The van der Waals surface area contributed by atoms with E-state index in [2.05, 4.69) is 9.97 Å². The predicted octanol–water partition coefficient (Wildman–Crippen LogP) is 1.55. The topological polar surface area (TPSA) is 74.2 Å². The van der Waals surface area contributed by atoms with E-state index in [0.29, 0.717) is 19.1 Å². The summed E-state index contributed by atoms with van der Waals surface area (Å²) in [6, 6.07) is 0.0454. The van der Waals surface area contributed by atoms with Crippen molar-refractivity contribution in [1.29, 1.82) is 0 Å². The highest BCUT2D eigenvalue weighted by Gasteiger charge is 2.28. The third-order valence-electron chi connectivity index (χ3n) is 2.86. The molecule has 0 radical (unpaired) electrons. The predicted molar refractivity (Wildman–Crippen MR) is 63.9 cm³/mol. The number of nitrogens with two attached hydrogens (primary N) is 1. The lowest BCUT2D eigenvalue weighted by atomic mass is 10.0. The number of nitrogens with zero attached hydrogens (tertiary/aromatic N) is 2. The van der Waals surface area contributed by atoms with Crippen molar-refractivity contribution in [2.75, 3.05) is 13.2 Å². The Morgan fingerprint density at radius 2 is 2.29 bits per heavy atom. The van der Waals surface area contributed by atoms with Gasteiger partial charge in [0.05, 0.1) is 18.9 Å². The standard InChI is InChI=1S/C11H13N3O2S/c1-6-13-9(4-16-6)11-14-10(5-17-11)7-2-15-3-8(7)12/h4-5,7-8H,2-3,12H2,1H3. The van der Waals surface area contributed by atoms with Crippen LogP contribution in [0.1, 0.15) is 17.5 Å². The summed E-state index contributed by atoms with van der Waals surface area (Å²) in [5.41, 5.74) is 7.75. The molecular formula is C11H13N3O2S. The van der Waals surface area contributed by atoms with E-state index in [-0.39, 0.29) is 12.0 Å². The number of ether oxygens (including phenoxy) is 1. The van der Waals surface area contributed by atoms with E-state index in [4.69, 9.17) is 14.9 Å². The molecule has 0 saturated carbocycles. The van der Waals surface area contributed by atoms with Crippen LogP contribution < -0.4 is 5.73 Å². The maximum absolute atomic E-state index is 5.97. The minimum Gasteiger partial charge on any atom is -0.449 e. The van der Waals surface area contributed by atoms with E-state index < -0.39 is 0 Å². The lowest BCUT2D eigenvalue weighted by Crippen LogP contribution is -2.26. The van der Waals surface area contributed by atoms with Gasteiger partial charge in [-0.25, -0.2) is 9.97 Å². The normalized spacial score (nSPS) is 24.4. The summed E-state index contributed by atoms with van der Waals surface area (Å²) in [6.07, 6.45) is 1.63. The molecule has 1 aliphatic heterocycles. The molecule has 0 aromatic carbocycles. The number of aryl methyl sites for hydroxylation is 1. The van der Waals surface area contributed by atoms with E-state index in [1.165, 1.54) is 0 Å². The lowest BCUT2D eigenvalue weighted by molar-refractivity contribution is 0.190. The Labute approximate surface area is 103 Å². The molecule has 5 nitrogen and oxygen atoms in total. The van der Waals surface area contributed by atoms with E-state index >= 15 is 0 Å². The second-order valence-electron chi connectivity index (χ2n) is 4.14. The Bertz CT molecular complexity index is 522. The van der Waals surface area contributed by atoms with Gasteiger partial charge in [0.25, 0.3) is 0 Å². The molecule has 2 aromatic rings. The molecule has 0 amide bonds. The largest absolute Gasteiger partial charge is 0.449 e. The van der Waals surface area contributed by atoms with Gasteiger partial charge in [-0.3, -0.25) is 0 Å². The first kappa shape index (κ1) is 10.9. The van der Waals surface area contributed by atoms with Crippen LogP contribution in [0.3, 0.4) is 0 Å². The molecule has 2 unspecified atom stereocenters. The van der Waals surface area contributed by atoms with Gasteiger partial charge in [-0.05, 0) is 0 Å². The van der Waals surface area contributed by atoms with Crippen molar-refractivity contribution >= 4 is 11.3 Å². The molecule has 3 heterocycles. The minimum absolute atomic E-state index is 0.0454. The van der Waals surface area contributed by atoms with Gasteiger partial charge >= 0.3 is 0 Å². The van der Waals surface area contributed by atoms with E-state index in [0.717, 1.165) is 16.4 Å². The Morgan fingerprint density at radius 1 is 1.41 bits per heavy atom. The highest BCUT2D eigenvalue weighted by molar-refractivity contribution is 7.13. The van der Waals surface area contributed by atoms with Crippen LogP contribution >= 0.6 is 11.3 Å². The van der Waals surface area contributed by atoms with Gasteiger partial charge in [0.15, 0.2) is 5.89 Å². The maximum atomic E-state index is 5.97. The number of rotatable bonds is 2. The van der Waals surface area contributed by atoms with E-state index in [9.17, 15) is 0 Å². The van der Waals surface area contributed by atoms with Crippen LogP contribution in [0.25, 0.3) is 10.7 Å². The number of thiazole rings is 1. The Kier molecular flexibility index (Phi) is 2.70. The molecular weight excluding hydrogens is 238 g/mol. The van der Waals surface area contributed by atoms with E-state index in [1.54, 1.807) is 17.6 Å². The molecule has 1 saturated heterocycles. The summed E-state index contributed by atoms with van der Waals surface area (Å²) in [5, 5.41) is 2.90. The van der Waals surface area contributed by atoms with Crippen molar-refractivity contribution in [2.24, 2.45) is 5.73 Å². The van der Waals surface area contributed by atoms with Crippen molar-refractivity contribution in [3.8, 4) is 10.7 Å². The second-order valence-corrected chi connectivity index (χ2v) is 5.00. The molecule has 3 rings (SSSR count). The molecule has 2 N–H and O–H groups in total. The summed E-state index contributed by atoms with van der Waals surface area (Å²) in [5.74, 6) is 0.852. The average Bonchev–Trinajstić information content (AvgIpc) is 2.97. The molecule has 17 heavy (non-hydrogen) atoms. The highest BCUT2D eigenvalue weighted by atomic mass is 32.1. The number of oxazole rings is 1. The first-order valence-electron chi connectivity index (χ1n) is 5.45. The van der Waals surface area contributed by atoms with Gasteiger partial charge in [0, 0.05) is 24.3 Å². The van der Waals surface area contributed by atoms with Crippen LogP contribution in [-0.2, 0) is 4.74 Å². The van der Waals surface area contributed by atoms with Crippen molar-refractivity contribution < 1.29 is 9.15 Å². The van der Waals surface area contributed by atoms with Gasteiger partial charge in [0.1, 0.15) is 17.0 Å². The molecule has 1 fully saturated rings. The molecule has 2 aromatic heterocycles. The van der Waals surface area contributed by atoms with Crippen molar-refractivity contribution in [3.63, 3.8) is 0 Å². The zero-order chi connectivity index (χ0) is 11.8. The van der Waals surface area contributed by atoms with Crippen LogP contribution in [-0.4, -0.2) is 29.2 Å². The van der Waals surface area contributed by atoms with Crippen LogP contribution in [0, 0.1) is 6.92 Å². The maximum Gasteiger partial charge on any atom is 0.191 e. The van der Waals surface area contributed by atoms with Crippen molar-refractivity contribution in [3.05, 3.63) is 23.2 Å².